The Kier molecular flexibility index (Phi) is 5.48. The van der Waals surface area contributed by atoms with E-state index in [4.69, 9.17) is 5.11 Å². The van der Waals surface area contributed by atoms with E-state index in [1.165, 1.54) is 0 Å². The second kappa shape index (κ2) is 6.90. The number of nitrogens with one attached hydrogen (secondary N) is 2. The molecule has 0 unspecified atom stereocenters. The number of hydrogen-bond donors (Lipinski definition) is 3. The van der Waals surface area contributed by atoms with Gasteiger partial charge in [-0.3, -0.25) is 4.79 Å². The Morgan fingerprint density at radius 3 is 2.41 bits per heavy atom. The average Bonchev–Trinajstić information content (AvgIpc) is 2.28. The number of amides is 2. The highest BCUT2D eigenvalue weighted by Gasteiger charge is 2.01. The van der Waals surface area contributed by atoms with Crippen LogP contribution >= 0.6 is 15.9 Å². The number of carboxylic acid groups (broad SMARTS) is 1. The summed E-state index contributed by atoms with van der Waals surface area (Å²) in [6.45, 7) is 0.535. The van der Waals surface area contributed by atoms with Crippen molar-refractivity contribution in [3.8, 4) is 0 Å². The molecular weight excluding hydrogens is 288 g/mol. The van der Waals surface area contributed by atoms with Crippen molar-refractivity contribution in [1.82, 2.24) is 10.6 Å². The Labute approximate surface area is 107 Å². The lowest BCUT2D eigenvalue weighted by molar-refractivity contribution is -0.136. The van der Waals surface area contributed by atoms with Gasteiger partial charge in [-0.15, -0.1) is 0 Å². The topological polar surface area (TPSA) is 78.4 Å². The molecule has 0 saturated heterocycles. The van der Waals surface area contributed by atoms with Gasteiger partial charge < -0.3 is 15.7 Å². The summed E-state index contributed by atoms with van der Waals surface area (Å²) in [7, 11) is 0. The first-order chi connectivity index (χ1) is 8.08. The summed E-state index contributed by atoms with van der Waals surface area (Å²) < 4.78 is 0.979. The third kappa shape index (κ3) is 5.91. The summed E-state index contributed by atoms with van der Waals surface area (Å²) in [5.74, 6) is -0.932. The number of rotatable bonds is 5. The van der Waals surface area contributed by atoms with Gasteiger partial charge in [0.25, 0.3) is 0 Å². The molecule has 0 aliphatic rings. The van der Waals surface area contributed by atoms with E-state index >= 15 is 0 Å². The van der Waals surface area contributed by atoms with E-state index in [-0.39, 0.29) is 19.0 Å². The molecule has 0 fully saturated rings. The molecular formula is C11H13BrN2O3. The zero-order valence-corrected chi connectivity index (χ0v) is 10.7. The van der Waals surface area contributed by atoms with Crippen molar-refractivity contribution in [2.45, 2.75) is 13.0 Å². The van der Waals surface area contributed by atoms with Crippen LogP contribution in [0.5, 0.6) is 0 Å². The van der Waals surface area contributed by atoms with Crippen molar-refractivity contribution in [1.29, 1.82) is 0 Å². The molecule has 92 valence electrons. The fourth-order valence-electron chi connectivity index (χ4n) is 1.13. The molecule has 0 bridgehead atoms. The highest BCUT2D eigenvalue weighted by molar-refractivity contribution is 9.10. The van der Waals surface area contributed by atoms with Crippen molar-refractivity contribution in [3.05, 3.63) is 34.3 Å². The van der Waals surface area contributed by atoms with Crippen LogP contribution in [-0.2, 0) is 11.3 Å². The first kappa shape index (κ1) is 13.5. The molecule has 0 spiro atoms. The van der Waals surface area contributed by atoms with Gasteiger partial charge in [-0.1, -0.05) is 28.1 Å². The maximum atomic E-state index is 11.2. The van der Waals surface area contributed by atoms with Crippen LogP contribution in [0, 0.1) is 0 Å². The van der Waals surface area contributed by atoms with E-state index in [0.29, 0.717) is 6.54 Å². The van der Waals surface area contributed by atoms with Gasteiger partial charge in [0.1, 0.15) is 0 Å². The number of carboxylic acids is 1. The Bertz CT molecular complexity index is 392. The maximum absolute atomic E-state index is 11.2. The second-order valence-corrected chi connectivity index (χ2v) is 4.30. The second-order valence-electron chi connectivity index (χ2n) is 3.38. The summed E-state index contributed by atoms with van der Waals surface area (Å²) in [5.41, 5.74) is 0.974. The number of halogens is 1. The fourth-order valence-corrected chi connectivity index (χ4v) is 1.39. The molecule has 6 heteroatoms. The molecule has 0 aromatic heterocycles. The normalized spacial score (nSPS) is 9.71. The minimum absolute atomic E-state index is 0.0777. The van der Waals surface area contributed by atoms with Crippen LogP contribution in [0.2, 0.25) is 0 Å². The van der Waals surface area contributed by atoms with Crippen LogP contribution < -0.4 is 10.6 Å². The SMILES string of the molecule is O=C(O)CCNC(=O)NCc1ccc(Br)cc1. The highest BCUT2D eigenvalue weighted by atomic mass is 79.9. The van der Waals surface area contributed by atoms with E-state index < -0.39 is 5.97 Å². The number of carbonyl (C=O) groups is 2. The lowest BCUT2D eigenvalue weighted by Crippen LogP contribution is -2.36. The van der Waals surface area contributed by atoms with Gasteiger partial charge >= 0.3 is 12.0 Å². The number of urea groups is 1. The Morgan fingerprint density at radius 1 is 1.18 bits per heavy atom. The van der Waals surface area contributed by atoms with Crippen molar-refractivity contribution < 1.29 is 14.7 Å². The highest BCUT2D eigenvalue weighted by Crippen LogP contribution is 2.09. The van der Waals surface area contributed by atoms with Crippen molar-refractivity contribution >= 4 is 27.9 Å². The standard InChI is InChI=1S/C11H13BrN2O3/c12-9-3-1-8(2-4-9)7-14-11(17)13-6-5-10(15)16/h1-4H,5-7H2,(H,15,16)(H2,13,14,17). The lowest BCUT2D eigenvalue weighted by atomic mass is 10.2. The summed E-state index contributed by atoms with van der Waals surface area (Å²) in [6, 6.07) is 7.19. The van der Waals surface area contributed by atoms with Crippen LogP contribution in [0.3, 0.4) is 0 Å². The number of carbonyl (C=O) groups excluding carboxylic acids is 1. The van der Waals surface area contributed by atoms with Gasteiger partial charge in [-0.2, -0.15) is 0 Å². The Hall–Kier alpha value is -1.56. The van der Waals surface area contributed by atoms with Crippen LogP contribution in [-0.4, -0.2) is 23.7 Å². The number of benzene rings is 1. The number of aliphatic carboxylic acids is 1. The fraction of sp³-hybridized carbons (Fsp3) is 0.273. The molecule has 1 aromatic carbocycles. The van der Waals surface area contributed by atoms with E-state index in [2.05, 4.69) is 26.6 Å². The van der Waals surface area contributed by atoms with Gasteiger partial charge in [0.2, 0.25) is 0 Å². The van der Waals surface area contributed by atoms with E-state index in [1.54, 1.807) is 0 Å². The summed E-state index contributed by atoms with van der Waals surface area (Å²) in [6.07, 6.45) is -0.0777. The van der Waals surface area contributed by atoms with Crippen LogP contribution in [0.1, 0.15) is 12.0 Å². The van der Waals surface area contributed by atoms with E-state index in [0.717, 1.165) is 10.0 Å². The van der Waals surface area contributed by atoms with Gasteiger partial charge in [-0.05, 0) is 17.7 Å². The molecule has 1 rings (SSSR count). The van der Waals surface area contributed by atoms with Crippen molar-refractivity contribution in [2.75, 3.05) is 6.54 Å². The predicted octanol–water partition coefficient (Wildman–Crippen LogP) is 1.72. The average molecular weight is 301 g/mol. The molecule has 0 atom stereocenters. The molecule has 3 N–H and O–H groups in total. The van der Waals surface area contributed by atoms with Crippen LogP contribution in [0.4, 0.5) is 4.79 Å². The van der Waals surface area contributed by atoms with Gasteiger partial charge in [-0.25, -0.2) is 4.79 Å². The Balaban J connectivity index is 2.23. The molecule has 1 aromatic rings. The third-order valence-electron chi connectivity index (χ3n) is 1.99. The smallest absolute Gasteiger partial charge is 0.315 e. The molecule has 0 aliphatic heterocycles. The van der Waals surface area contributed by atoms with Crippen molar-refractivity contribution in [3.63, 3.8) is 0 Å². The van der Waals surface area contributed by atoms with Crippen LogP contribution in [0.25, 0.3) is 0 Å². The summed E-state index contributed by atoms with van der Waals surface area (Å²) in [5, 5.41) is 13.5. The molecule has 0 radical (unpaired) electrons. The zero-order chi connectivity index (χ0) is 12.7. The monoisotopic (exact) mass is 300 g/mol. The maximum Gasteiger partial charge on any atom is 0.315 e. The molecule has 0 saturated carbocycles. The lowest BCUT2D eigenvalue weighted by Gasteiger charge is -2.06. The number of hydrogen-bond acceptors (Lipinski definition) is 2. The summed E-state index contributed by atoms with van der Waals surface area (Å²) in [4.78, 5) is 21.5. The molecule has 2 amide bonds. The van der Waals surface area contributed by atoms with E-state index in [1.807, 2.05) is 24.3 Å². The zero-order valence-electron chi connectivity index (χ0n) is 9.07. The van der Waals surface area contributed by atoms with Gasteiger partial charge in [0.15, 0.2) is 0 Å². The molecule has 17 heavy (non-hydrogen) atoms. The first-order valence-corrected chi connectivity index (χ1v) is 5.85. The predicted molar refractivity (Wildman–Crippen MR) is 66.6 cm³/mol. The molecule has 0 aliphatic carbocycles. The van der Waals surface area contributed by atoms with Crippen molar-refractivity contribution in [2.24, 2.45) is 0 Å². The molecule has 0 heterocycles. The summed E-state index contributed by atoms with van der Waals surface area (Å²) >= 11 is 3.32. The first-order valence-electron chi connectivity index (χ1n) is 5.06. The minimum atomic E-state index is -0.932. The van der Waals surface area contributed by atoms with Crippen LogP contribution in [0.15, 0.2) is 28.7 Å². The largest absolute Gasteiger partial charge is 0.481 e. The van der Waals surface area contributed by atoms with Gasteiger partial charge in [0, 0.05) is 17.6 Å². The minimum Gasteiger partial charge on any atom is -0.481 e. The molecule has 5 nitrogen and oxygen atoms in total. The van der Waals surface area contributed by atoms with E-state index in [9.17, 15) is 9.59 Å². The Morgan fingerprint density at radius 2 is 1.82 bits per heavy atom. The third-order valence-corrected chi connectivity index (χ3v) is 2.52. The quantitative estimate of drug-likeness (QED) is 0.775. The van der Waals surface area contributed by atoms with Gasteiger partial charge in [0.05, 0.1) is 6.42 Å².